The molecule has 7 heteroatoms. The van der Waals surface area contributed by atoms with Gasteiger partial charge in [-0.3, -0.25) is 9.59 Å². The molecule has 0 fully saturated rings. The molecule has 0 unspecified atom stereocenters. The normalized spacial score (nSPS) is 10.1. The molecule has 0 saturated heterocycles. The van der Waals surface area contributed by atoms with E-state index < -0.39 is 0 Å². The molecule has 0 radical (unpaired) electrons. The maximum Gasteiger partial charge on any atom is 0.237 e. The number of hydrogen-bond donors (Lipinski definition) is 1. The van der Waals surface area contributed by atoms with E-state index in [0.717, 1.165) is 17.0 Å². The smallest absolute Gasteiger partial charge is 0.237 e. The standard InChI is InChI=1S/C22H25N3O3S/c1-3-28-20-11-9-19(10-12-20)25(14-4-13-23)22(27)16-29-15-21(26)24-18-7-5-17(2)6-8-18/h5-12H,3-4,14-16H2,1-2H3,(H,24,26). The highest BCUT2D eigenvalue weighted by Crippen LogP contribution is 2.21. The van der Waals surface area contributed by atoms with E-state index in [1.54, 1.807) is 29.2 Å². The molecule has 0 aromatic heterocycles. The minimum absolute atomic E-state index is 0.141. The zero-order chi connectivity index (χ0) is 21.1. The van der Waals surface area contributed by atoms with Crippen LogP contribution in [-0.2, 0) is 9.59 Å². The molecule has 0 bridgehead atoms. The highest BCUT2D eigenvalue weighted by Gasteiger charge is 2.16. The summed E-state index contributed by atoms with van der Waals surface area (Å²) in [6.07, 6.45) is 0.234. The van der Waals surface area contributed by atoms with Crippen molar-refractivity contribution in [3.63, 3.8) is 0 Å². The number of thioether (sulfide) groups is 1. The molecule has 2 amide bonds. The number of rotatable bonds is 10. The van der Waals surface area contributed by atoms with Crippen LogP contribution < -0.4 is 15.0 Å². The predicted molar refractivity (Wildman–Crippen MR) is 117 cm³/mol. The fourth-order valence-corrected chi connectivity index (χ4v) is 3.28. The summed E-state index contributed by atoms with van der Waals surface area (Å²) < 4.78 is 5.42. The average molecular weight is 412 g/mol. The Hall–Kier alpha value is -2.98. The number of anilines is 2. The molecule has 0 saturated carbocycles. The third-order valence-electron chi connectivity index (χ3n) is 4.00. The van der Waals surface area contributed by atoms with Crippen molar-refractivity contribution in [3.8, 4) is 11.8 Å². The van der Waals surface area contributed by atoms with Crippen LogP contribution in [0.5, 0.6) is 5.75 Å². The first-order valence-electron chi connectivity index (χ1n) is 9.38. The first kappa shape index (κ1) is 22.3. The Morgan fingerprint density at radius 2 is 1.79 bits per heavy atom. The predicted octanol–water partition coefficient (Wildman–Crippen LogP) is 4.01. The molecule has 152 valence electrons. The summed E-state index contributed by atoms with van der Waals surface area (Å²) >= 11 is 1.25. The number of amides is 2. The van der Waals surface area contributed by atoms with Crippen LogP contribution in [-0.4, -0.2) is 36.5 Å². The summed E-state index contributed by atoms with van der Waals surface area (Å²) in [5.41, 5.74) is 2.56. The van der Waals surface area contributed by atoms with Crippen LogP contribution in [0.25, 0.3) is 0 Å². The van der Waals surface area contributed by atoms with Crippen LogP contribution in [0.2, 0.25) is 0 Å². The van der Waals surface area contributed by atoms with Crippen LogP contribution >= 0.6 is 11.8 Å². The van der Waals surface area contributed by atoms with Crippen molar-refractivity contribution in [1.29, 1.82) is 5.26 Å². The number of ether oxygens (including phenoxy) is 1. The van der Waals surface area contributed by atoms with Gasteiger partial charge in [-0.25, -0.2) is 0 Å². The van der Waals surface area contributed by atoms with E-state index in [1.807, 2.05) is 38.1 Å². The Labute approximate surface area is 175 Å². The lowest BCUT2D eigenvalue weighted by atomic mass is 10.2. The Morgan fingerprint density at radius 3 is 2.41 bits per heavy atom. The first-order chi connectivity index (χ1) is 14.0. The van der Waals surface area contributed by atoms with Crippen LogP contribution in [0, 0.1) is 18.3 Å². The van der Waals surface area contributed by atoms with E-state index >= 15 is 0 Å². The van der Waals surface area contributed by atoms with Crippen molar-refractivity contribution in [3.05, 3.63) is 54.1 Å². The van der Waals surface area contributed by atoms with Crippen molar-refractivity contribution in [2.45, 2.75) is 20.3 Å². The Bertz CT molecular complexity index is 845. The molecule has 0 aliphatic heterocycles. The molecule has 2 rings (SSSR count). The van der Waals surface area contributed by atoms with Gasteiger partial charge in [0.05, 0.1) is 30.6 Å². The monoisotopic (exact) mass is 411 g/mol. The second-order valence-electron chi connectivity index (χ2n) is 6.29. The van der Waals surface area contributed by atoms with Gasteiger partial charge in [0, 0.05) is 17.9 Å². The lowest BCUT2D eigenvalue weighted by Crippen LogP contribution is -2.33. The van der Waals surface area contributed by atoms with Crippen LogP contribution in [0.1, 0.15) is 18.9 Å². The van der Waals surface area contributed by atoms with Gasteiger partial charge in [0.1, 0.15) is 5.75 Å². The lowest BCUT2D eigenvalue weighted by Gasteiger charge is -2.22. The quantitative estimate of drug-likeness (QED) is 0.639. The third kappa shape index (κ3) is 7.51. The summed E-state index contributed by atoms with van der Waals surface area (Å²) in [6, 6.07) is 16.8. The zero-order valence-electron chi connectivity index (χ0n) is 16.7. The zero-order valence-corrected chi connectivity index (χ0v) is 17.5. The minimum Gasteiger partial charge on any atom is -0.494 e. The number of carbonyl (C=O) groups excluding carboxylic acids is 2. The molecule has 1 N–H and O–H groups in total. The molecule has 0 aliphatic rings. The molecular formula is C22H25N3O3S. The number of benzene rings is 2. The number of aryl methyl sites for hydroxylation is 1. The summed E-state index contributed by atoms with van der Waals surface area (Å²) in [4.78, 5) is 26.3. The topological polar surface area (TPSA) is 82.4 Å². The minimum atomic E-state index is -0.156. The van der Waals surface area contributed by atoms with E-state index in [1.165, 1.54) is 11.8 Å². The van der Waals surface area contributed by atoms with Gasteiger partial charge in [0.25, 0.3) is 0 Å². The summed E-state index contributed by atoms with van der Waals surface area (Å²) in [5, 5.41) is 11.7. The summed E-state index contributed by atoms with van der Waals surface area (Å²) in [7, 11) is 0. The number of hydrogen-bond acceptors (Lipinski definition) is 5. The molecule has 0 spiro atoms. The molecule has 0 aliphatic carbocycles. The third-order valence-corrected chi connectivity index (χ3v) is 4.92. The molecule has 0 heterocycles. The fraction of sp³-hybridized carbons (Fsp3) is 0.318. The largest absolute Gasteiger partial charge is 0.494 e. The van der Waals surface area contributed by atoms with Gasteiger partial charge >= 0.3 is 0 Å². The number of nitrogens with one attached hydrogen (secondary N) is 1. The molecule has 2 aromatic rings. The Morgan fingerprint density at radius 1 is 1.10 bits per heavy atom. The van der Waals surface area contributed by atoms with Crippen LogP contribution in [0.4, 0.5) is 11.4 Å². The van der Waals surface area contributed by atoms with E-state index in [4.69, 9.17) is 10.00 Å². The Balaban J connectivity index is 1.89. The van der Waals surface area contributed by atoms with Gasteiger partial charge in [-0.05, 0) is 50.2 Å². The molecule has 6 nitrogen and oxygen atoms in total. The average Bonchev–Trinajstić information content (AvgIpc) is 2.71. The highest BCUT2D eigenvalue weighted by atomic mass is 32.2. The highest BCUT2D eigenvalue weighted by molar-refractivity contribution is 8.00. The van der Waals surface area contributed by atoms with E-state index in [0.29, 0.717) is 18.8 Å². The van der Waals surface area contributed by atoms with Crippen molar-refractivity contribution < 1.29 is 14.3 Å². The maximum atomic E-state index is 12.7. The van der Waals surface area contributed by atoms with Crippen molar-refractivity contribution in [2.75, 3.05) is 34.9 Å². The number of nitrogens with zero attached hydrogens (tertiary/aromatic N) is 2. The molecule has 2 aromatic carbocycles. The van der Waals surface area contributed by atoms with E-state index in [9.17, 15) is 9.59 Å². The van der Waals surface area contributed by atoms with Crippen LogP contribution in [0.3, 0.4) is 0 Å². The Kier molecular flexibility index (Phi) is 9.06. The van der Waals surface area contributed by atoms with Gasteiger partial charge in [-0.2, -0.15) is 5.26 Å². The maximum absolute atomic E-state index is 12.7. The molecular weight excluding hydrogens is 386 g/mol. The number of nitriles is 1. The van der Waals surface area contributed by atoms with Gasteiger partial charge < -0.3 is 15.0 Å². The van der Waals surface area contributed by atoms with Crippen molar-refractivity contribution in [2.24, 2.45) is 0 Å². The van der Waals surface area contributed by atoms with Gasteiger partial charge in [0.2, 0.25) is 11.8 Å². The van der Waals surface area contributed by atoms with Gasteiger partial charge in [-0.1, -0.05) is 17.7 Å². The second-order valence-corrected chi connectivity index (χ2v) is 7.27. The summed E-state index contributed by atoms with van der Waals surface area (Å²) in [6.45, 7) is 4.76. The fourth-order valence-electron chi connectivity index (χ4n) is 2.59. The van der Waals surface area contributed by atoms with E-state index in [-0.39, 0.29) is 29.7 Å². The second kappa shape index (κ2) is 11.8. The van der Waals surface area contributed by atoms with Crippen molar-refractivity contribution in [1.82, 2.24) is 0 Å². The number of carbonyl (C=O) groups is 2. The van der Waals surface area contributed by atoms with Gasteiger partial charge in [-0.15, -0.1) is 11.8 Å². The first-order valence-corrected chi connectivity index (χ1v) is 10.5. The van der Waals surface area contributed by atoms with E-state index in [2.05, 4.69) is 11.4 Å². The SMILES string of the molecule is CCOc1ccc(N(CCC#N)C(=O)CSCC(=O)Nc2ccc(C)cc2)cc1. The lowest BCUT2D eigenvalue weighted by molar-refractivity contribution is -0.116. The molecule has 0 atom stereocenters. The molecule has 29 heavy (non-hydrogen) atoms. The summed E-state index contributed by atoms with van der Waals surface area (Å²) in [5.74, 6) is 0.759. The van der Waals surface area contributed by atoms with Crippen molar-refractivity contribution >= 4 is 35.0 Å². The van der Waals surface area contributed by atoms with Gasteiger partial charge in [0.15, 0.2) is 0 Å². The van der Waals surface area contributed by atoms with Crippen LogP contribution in [0.15, 0.2) is 48.5 Å².